The lowest BCUT2D eigenvalue weighted by Gasteiger charge is -2.27. The number of halogens is 1. The molecule has 39 heavy (non-hydrogen) atoms. The second-order valence-electron chi connectivity index (χ2n) is 10.2. The number of hydrogen-bond donors (Lipinski definition) is 3. The SMILES string of the molecule is C=C.C=C1c2[nH]c(C)cc2C(C(/C=C\NC)=C(/C)Cc2c(C)cc(F)cc2C)=CN1C.C=CNC1CC1CC. The number of fused-ring (bicyclic) bond motifs is 1. The zero-order valence-corrected chi connectivity index (χ0v) is 25.0. The maximum Gasteiger partial charge on any atom is 0.123 e. The molecule has 1 aromatic carbocycles. The standard InChI is InChI=1S/C25H30FN3.C7H13N.C2H4/c1-15-10-20(26)11-16(2)22(15)12-17(3)21(8-9-27-6)24-14-29(7)19(5)25-23(24)13-18(4)28-25;1-3-6-5-7(6)8-4-2;1-2/h8-11,13-14,27-28H,5,12H2,1-4,6-7H3;4,6-8H,2-3,5H2,1H3;1-2H2/b9-8-,21-17-;;. The van der Waals surface area contributed by atoms with Crippen LogP contribution in [0.4, 0.5) is 4.39 Å². The van der Waals surface area contributed by atoms with Crippen molar-refractivity contribution in [1.82, 2.24) is 20.5 Å². The van der Waals surface area contributed by atoms with Crippen molar-refractivity contribution in [2.75, 3.05) is 14.1 Å². The molecule has 4 nitrogen and oxygen atoms in total. The van der Waals surface area contributed by atoms with Crippen LogP contribution in [0.1, 0.15) is 60.3 Å². The summed E-state index contributed by atoms with van der Waals surface area (Å²) in [5.74, 6) is 0.760. The molecule has 0 radical (unpaired) electrons. The van der Waals surface area contributed by atoms with Gasteiger partial charge in [0.2, 0.25) is 0 Å². The first-order valence-electron chi connectivity index (χ1n) is 13.6. The summed E-state index contributed by atoms with van der Waals surface area (Å²) in [6.45, 7) is 24.2. The minimum absolute atomic E-state index is 0.178. The number of aryl methyl sites for hydroxylation is 3. The van der Waals surface area contributed by atoms with Gasteiger partial charge in [0.25, 0.3) is 0 Å². The van der Waals surface area contributed by atoms with Crippen LogP contribution in [0.3, 0.4) is 0 Å². The molecule has 2 aliphatic rings. The summed E-state index contributed by atoms with van der Waals surface area (Å²) in [7, 11) is 3.91. The fraction of sp³-hybridized carbons (Fsp3) is 0.353. The summed E-state index contributed by atoms with van der Waals surface area (Å²) >= 11 is 0. The minimum atomic E-state index is -0.178. The summed E-state index contributed by atoms with van der Waals surface area (Å²) in [4.78, 5) is 5.50. The van der Waals surface area contributed by atoms with E-state index in [1.54, 1.807) is 18.3 Å². The van der Waals surface area contributed by atoms with Gasteiger partial charge in [0.15, 0.2) is 0 Å². The van der Waals surface area contributed by atoms with Crippen LogP contribution in [0.25, 0.3) is 11.3 Å². The van der Waals surface area contributed by atoms with Crippen LogP contribution in [-0.4, -0.2) is 30.0 Å². The molecule has 4 rings (SSSR count). The zero-order valence-electron chi connectivity index (χ0n) is 25.0. The topological polar surface area (TPSA) is 43.1 Å². The maximum absolute atomic E-state index is 13.8. The summed E-state index contributed by atoms with van der Waals surface area (Å²) in [6.07, 6.45) is 11.4. The van der Waals surface area contributed by atoms with Gasteiger partial charge < -0.3 is 20.5 Å². The zero-order chi connectivity index (χ0) is 29.3. The first kappa shape index (κ1) is 31.5. The van der Waals surface area contributed by atoms with E-state index < -0.39 is 0 Å². The van der Waals surface area contributed by atoms with Crippen molar-refractivity contribution < 1.29 is 4.39 Å². The summed E-state index contributed by atoms with van der Waals surface area (Å²) in [5, 5.41) is 6.29. The first-order chi connectivity index (χ1) is 18.6. The largest absolute Gasteiger partial charge is 0.394 e. The Hall–Kier alpha value is -3.73. The lowest BCUT2D eigenvalue weighted by Crippen LogP contribution is -2.16. The van der Waals surface area contributed by atoms with Crippen LogP contribution in [0, 0.1) is 32.5 Å². The molecule has 2 heterocycles. The monoisotopic (exact) mass is 530 g/mol. The fourth-order valence-corrected chi connectivity index (χ4v) is 5.02. The van der Waals surface area contributed by atoms with Gasteiger partial charge in [0, 0.05) is 43.2 Å². The highest BCUT2D eigenvalue weighted by molar-refractivity contribution is 5.91. The number of H-pyrrole nitrogens is 1. The molecule has 0 bridgehead atoms. The van der Waals surface area contributed by atoms with Gasteiger partial charge in [-0.25, -0.2) is 4.39 Å². The van der Waals surface area contributed by atoms with Crippen molar-refractivity contribution in [3.8, 4) is 0 Å². The summed E-state index contributed by atoms with van der Waals surface area (Å²) in [6, 6.07) is 6.17. The second-order valence-corrected chi connectivity index (χ2v) is 10.2. The van der Waals surface area contributed by atoms with E-state index in [4.69, 9.17) is 0 Å². The van der Waals surface area contributed by atoms with Gasteiger partial charge in [-0.1, -0.05) is 32.1 Å². The maximum atomic E-state index is 13.8. The van der Waals surface area contributed by atoms with Crippen molar-refractivity contribution in [2.45, 2.75) is 59.9 Å². The Labute approximate surface area is 235 Å². The van der Waals surface area contributed by atoms with Crippen molar-refractivity contribution in [3.63, 3.8) is 0 Å². The van der Waals surface area contributed by atoms with Crippen molar-refractivity contribution in [1.29, 1.82) is 0 Å². The number of aromatic amines is 1. The third kappa shape index (κ3) is 7.89. The third-order valence-corrected chi connectivity index (χ3v) is 7.33. The molecule has 1 aromatic heterocycles. The fourth-order valence-electron chi connectivity index (χ4n) is 5.02. The number of nitrogens with zero attached hydrogens (tertiary/aromatic N) is 1. The van der Waals surface area contributed by atoms with Gasteiger partial charge in [0.05, 0.1) is 11.4 Å². The van der Waals surface area contributed by atoms with E-state index in [0.29, 0.717) is 0 Å². The molecule has 3 N–H and O–H groups in total. The van der Waals surface area contributed by atoms with E-state index in [-0.39, 0.29) is 5.82 Å². The number of benzene rings is 1. The van der Waals surface area contributed by atoms with E-state index in [9.17, 15) is 4.39 Å². The predicted molar refractivity (Wildman–Crippen MR) is 168 cm³/mol. The average molecular weight is 531 g/mol. The lowest BCUT2D eigenvalue weighted by molar-refractivity contribution is 0.624. The molecule has 210 valence electrons. The number of nitrogens with one attached hydrogen (secondary N) is 3. The molecule has 5 heteroatoms. The molecule has 1 aliphatic heterocycles. The predicted octanol–water partition coefficient (Wildman–Crippen LogP) is 7.95. The smallest absolute Gasteiger partial charge is 0.123 e. The van der Waals surface area contributed by atoms with E-state index >= 15 is 0 Å². The molecule has 1 aliphatic carbocycles. The van der Waals surface area contributed by atoms with E-state index in [2.05, 4.69) is 85.9 Å². The van der Waals surface area contributed by atoms with Gasteiger partial charge >= 0.3 is 0 Å². The van der Waals surface area contributed by atoms with Crippen molar-refractivity contribution >= 4 is 11.3 Å². The Balaban J connectivity index is 0.000000451. The molecule has 2 unspecified atom stereocenters. The van der Waals surface area contributed by atoms with Gasteiger partial charge in [-0.2, -0.15) is 0 Å². The molecule has 2 atom stereocenters. The van der Waals surface area contributed by atoms with E-state index in [1.165, 1.54) is 24.0 Å². The second kappa shape index (κ2) is 14.4. The third-order valence-electron chi connectivity index (χ3n) is 7.33. The number of rotatable bonds is 8. The summed E-state index contributed by atoms with van der Waals surface area (Å²) in [5.41, 5.74) is 11.0. The average Bonchev–Trinajstić information content (AvgIpc) is 3.54. The Morgan fingerprint density at radius 2 is 1.82 bits per heavy atom. The first-order valence-corrected chi connectivity index (χ1v) is 13.6. The Bertz CT molecular complexity index is 1240. The van der Waals surface area contributed by atoms with Crippen LogP contribution in [0.15, 0.2) is 80.3 Å². The van der Waals surface area contributed by atoms with Crippen LogP contribution in [0.5, 0.6) is 0 Å². The van der Waals surface area contributed by atoms with Gasteiger partial charge in [-0.3, -0.25) is 0 Å². The van der Waals surface area contributed by atoms with Crippen molar-refractivity contribution in [3.05, 3.63) is 120 Å². The van der Waals surface area contributed by atoms with E-state index in [1.807, 2.05) is 34.1 Å². The molecular weight excluding hydrogens is 483 g/mol. The molecule has 0 saturated heterocycles. The normalized spacial score (nSPS) is 18.1. The van der Waals surface area contributed by atoms with Crippen molar-refractivity contribution in [2.24, 2.45) is 5.92 Å². The summed E-state index contributed by atoms with van der Waals surface area (Å²) < 4.78 is 13.8. The van der Waals surface area contributed by atoms with Gasteiger partial charge in [-0.05, 0) is 105 Å². The number of hydrogen-bond acceptors (Lipinski definition) is 3. The molecule has 0 spiro atoms. The molecule has 2 aromatic rings. The highest BCUT2D eigenvalue weighted by Gasteiger charge is 2.33. The van der Waals surface area contributed by atoms with Crippen LogP contribution in [0.2, 0.25) is 0 Å². The van der Waals surface area contributed by atoms with E-state index in [0.717, 1.165) is 63.3 Å². The van der Waals surface area contributed by atoms with Gasteiger partial charge in [-0.15, -0.1) is 13.2 Å². The minimum Gasteiger partial charge on any atom is -0.394 e. The van der Waals surface area contributed by atoms with Crippen LogP contribution < -0.4 is 10.6 Å². The number of allylic oxidation sites excluding steroid dienone is 4. The molecule has 1 saturated carbocycles. The highest BCUT2D eigenvalue weighted by atomic mass is 19.1. The Kier molecular flexibility index (Phi) is 11.7. The lowest BCUT2D eigenvalue weighted by atomic mass is 9.88. The molecule has 0 amide bonds. The van der Waals surface area contributed by atoms with Crippen LogP contribution in [-0.2, 0) is 6.42 Å². The van der Waals surface area contributed by atoms with Gasteiger partial charge in [0.1, 0.15) is 5.82 Å². The molecule has 1 fully saturated rings. The molecular formula is C34H47FN4. The quantitative estimate of drug-likeness (QED) is 0.240. The Morgan fingerprint density at radius 3 is 2.36 bits per heavy atom. The van der Waals surface area contributed by atoms with Crippen LogP contribution >= 0.6 is 0 Å². The Morgan fingerprint density at radius 1 is 1.18 bits per heavy atom. The number of aromatic nitrogens is 1. The highest BCUT2D eigenvalue weighted by Crippen LogP contribution is 2.38.